The number of rotatable bonds is 5. The first-order valence-corrected chi connectivity index (χ1v) is 8.16. The maximum atomic E-state index is 12.4. The minimum atomic E-state index is 0.240. The van der Waals surface area contributed by atoms with E-state index < -0.39 is 0 Å². The Morgan fingerprint density at radius 2 is 2.09 bits per heavy atom. The van der Waals surface area contributed by atoms with Crippen molar-refractivity contribution in [2.24, 2.45) is 0 Å². The van der Waals surface area contributed by atoms with Crippen LogP contribution in [0.5, 0.6) is 0 Å². The average molecular weight is 313 g/mol. The number of piperazine rings is 1. The molecule has 1 saturated heterocycles. The molecule has 1 aliphatic rings. The van der Waals surface area contributed by atoms with Gasteiger partial charge < -0.3 is 9.80 Å². The van der Waals surface area contributed by atoms with Crippen molar-refractivity contribution >= 4 is 11.6 Å². The van der Waals surface area contributed by atoms with Crippen molar-refractivity contribution in [1.82, 2.24) is 19.7 Å². The molecular formula is C17H23N5O. The SMILES string of the molecule is CC1CN(C(=O)CCCn2cncn2)CCN1c1ccccc1. The van der Waals surface area contributed by atoms with Crippen molar-refractivity contribution in [3.63, 3.8) is 0 Å². The third kappa shape index (κ3) is 3.88. The minimum Gasteiger partial charge on any atom is -0.365 e. The van der Waals surface area contributed by atoms with Crippen LogP contribution in [0.3, 0.4) is 0 Å². The summed E-state index contributed by atoms with van der Waals surface area (Å²) in [5, 5.41) is 4.06. The van der Waals surface area contributed by atoms with Crippen LogP contribution in [0.15, 0.2) is 43.0 Å². The zero-order valence-electron chi connectivity index (χ0n) is 13.5. The fraction of sp³-hybridized carbons (Fsp3) is 0.471. The van der Waals surface area contributed by atoms with Gasteiger partial charge in [0.05, 0.1) is 0 Å². The standard InChI is InChI=1S/C17H23N5O/c1-15-12-20(10-11-22(15)16-6-3-2-4-7-16)17(23)8-5-9-21-14-18-13-19-21/h2-4,6-7,13-15H,5,8-12H2,1H3. The van der Waals surface area contributed by atoms with Gasteiger partial charge in [0, 0.05) is 44.3 Å². The quantitative estimate of drug-likeness (QED) is 0.844. The van der Waals surface area contributed by atoms with Crippen molar-refractivity contribution in [3.05, 3.63) is 43.0 Å². The number of benzene rings is 1. The summed E-state index contributed by atoms with van der Waals surface area (Å²) in [4.78, 5) is 20.7. The van der Waals surface area contributed by atoms with E-state index in [4.69, 9.17) is 0 Å². The summed E-state index contributed by atoms with van der Waals surface area (Å²) in [6.45, 7) is 5.39. The van der Waals surface area contributed by atoms with Crippen molar-refractivity contribution < 1.29 is 4.79 Å². The van der Waals surface area contributed by atoms with Crippen LogP contribution in [0, 0.1) is 0 Å². The molecule has 0 radical (unpaired) electrons. The molecule has 6 nitrogen and oxygen atoms in total. The van der Waals surface area contributed by atoms with Gasteiger partial charge in [-0.1, -0.05) is 18.2 Å². The molecule has 0 aliphatic carbocycles. The van der Waals surface area contributed by atoms with Crippen LogP contribution in [0.2, 0.25) is 0 Å². The largest absolute Gasteiger partial charge is 0.365 e. The van der Waals surface area contributed by atoms with Crippen LogP contribution in [0.1, 0.15) is 19.8 Å². The van der Waals surface area contributed by atoms with E-state index in [1.54, 1.807) is 11.0 Å². The Morgan fingerprint density at radius 1 is 1.26 bits per heavy atom. The average Bonchev–Trinajstić information content (AvgIpc) is 3.09. The lowest BCUT2D eigenvalue weighted by atomic mass is 10.1. The Morgan fingerprint density at radius 3 is 2.78 bits per heavy atom. The van der Waals surface area contributed by atoms with Gasteiger partial charge in [-0.05, 0) is 25.5 Å². The molecular weight excluding hydrogens is 290 g/mol. The summed E-state index contributed by atoms with van der Waals surface area (Å²) < 4.78 is 1.77. The number of anilines is 1. The highest BCUT2D eigenvalue weighted by molar-refractivity contribution is 5.76. The summed E-state index contributed by atoms with van der Waals surface area (Å²) >= 11 is 0. The molecule has 1 aliphatic heterocycles. The van der Waals surface area contributed by atoms with Crippen LogP contribution in [0.25, 0.3) is 0 Å². The summed E-state index contributed by atoms with van der Waals surface area (Å²) in [7, 11) is 0. The summed E-state index contributed by atoms with van der Waals surface area (Å²) in [6.07, 6.45) is 4.57. The third-order valence-electron chi connectivity index (χ3n) is 4.31. The molecule has 0 spiro atoms. The molecule has 1 unspecified atom stereocenters. The lowest BCUT2D eigenvalue weighted by Gasteiger charge is -2.41. The number of hydrogen-bond acceptors (Lipinski definition) is 4. The van der Waals surface area contributed by atoms with Crippen LogP contribution in [0.4, 0.5) is 5.69 Å². The van der Waals surface area contributed by atoms with Crippen LogP contribution >= 0.6 is 0 Å². The third-order valence-corrected chi connectivity index (χ3v) is 4.31. The topological polar surface area (TPSA) is 54.3 Å². The molecule has 2 aromatic rings. The maximum absolute atomic E-state index is 12.4. The predicted molar refractivity (Wildman–Crippen MR) is 89.1 cm³/mol. The second-order valence-corrected chi connectivity index (χ2v) is 5.98. The van der Waals surface area contributed by atoms with E-state index in [1.165, 1.54) is 12.0 Å². The molecule has 1 amide bonds. The lowest BCUT2D eigenvalue weighted by molar-refractivity contribution is -0.132. The number of amides is 1. The molecule has 3 rings (SSSR count). The fourth-order valence-electron chi connectivity index (χ4n) is 3.09. The van der Waals surface area contributed by atoms with Crippen LogP contribution in [-0.4, -0.2) is 51.2 Å². The Balaban J connectivity index is 1.48. The summed E-state index contributed by atoms with van der Waals surface area (Å²) in [5.74, 6) is 0.240. The number of carbonyl (C=O) groups is 1. The van der Waals surface area contributed by atoms with Gasteiger partial charge in [-0.2, -0.15) is 5.10 Å². The van der Waals surface area contributed by atoms with Gasteiger partial charge in [0.15, 0.2) is 0 Å². The molecule has 122 valence electrons. The normalized spacial score (nSPS) is 18.2. The first-order chi connectivity index (χ1) is 11.2. The zero-order chi connectivity index (χ0) is 16.1. The molecule has 2 heterocycles. The van der Waals surface area contributed by atoms with Gasteiger partial charge in [-0.25, -0.2) is 4.98 Å². The van der Waals surface area contributed by atoms with Gasteiger partial charge in [-0.3, -0.25) is 9.48 Å². The first-order valence-electron chi connectivity index (χ1n) is 8.16. The number of hydrogen-bond donors (Lipinski definition) is 0. The van der Waals surface area contributed by atoms with Crippen LogP contribution < -0.4 is 4.90 Å². The second kappa shape index (κ2) is 7.26. The first kappa shape index (κ1) is 15.5. The van der Waals surface area contributed by atoms with Crippen LogP contribution in [-0.2, 0) is 11.3 Å². The van der Waals surface area contributed by atoms with E-state index in [0.29, 0.717) is 12.5 Å². The highest BCUT2D eigenvalue weighted by atomic mass is 16.2. The maximum Gasteiger partial charge on any atom is 0.222 e. The van der Waals surface area contributed by atoms with Gasteiger partial charge in [-0.15, -0.1) is 0 Å². The van der Waals surface area contributed by atoms with E-state index in [0.717, 1.165) is 32.6 Å². The molecule has 1 aromatic carbocycles. The predicted octanol–water partition coefficient (Wildman–Crippen LogP) is 1.80. The zero-order valence-corrected chi connectivity index (χ0v) is 13.5. The van der Waals surface area contributed by atoms with Gasteiger partial charge in [0.1, 0.15) is 12.7 Å². The summed E-state index contributed by atoms with van der Waals surface area (Å²) in [6, 6.07) is 10.7. The van der Waals surface area contributed by atoms with E-state index in [2.05, 4.69) is 46.2 Å². The Kier molecular flexibility index (Phi) is 4.90. The molecule has 1 fully saturated rings. The Labute approximate surface area is 136 Å². The lowest BCUT2D eigenvalue weighted by Crippen LogP contribution is -2.53. The number of aryl methyl sites for hydroxylation is 1. The fourth-order valence-corrected chi connectivity index (χ4v) is 3.09. The highest BCUT2D eigenvalue weighted by Gasteiger charge is 2.26. The van der Waals surface area contributed by atoms with Gasteiger partial charge in [0.25, 0.3) is 0 Å². The van der Waals surface area contributed by atoms with Crippen molar-refractivity contribution in [2.45, 2.75) is 32.4 Å². The van der Waals surface area contributed by atoms with Gasteiger partial charge >= 0.3 is 0 Å². The molecule has 23 heavy (non-hydrogen) atoms. The van der Waals surface area contributed by atoms with Gasteiger partial charge in [0.2, 0.25) is 5.91 Å². The van der Waals surface area contributed by atoms with Crippen molar-refractivity contribution in [3.8, 4) is 0 Å². The van der Waals surface area contributed by atoms with E-state index in [1.807, 2.05) is 11.0 Å². The number of nitrogens with zero attached hydrogens (tertiary/aromatic N) is 5. The van der Waals surface area contributed by atoms with Crippen molar-refractivity contribution in [2.75, 3.05) is 24.5 Å². The van der Waals surface area contributed by atoms with E-state index >= 15 is 0 Å². The highest BCUT2D eigenvalue weighted by Crippen LogP contribution is 2.20. The number of aromatic nitrogens is 3. The molecule has 0 N–H and O–H groups in total. The monoisotopic (exact) mass is 313 g/mol. The smallest absolute Gasteiger partial charge is 0.222 e. The van der Waals surface area contributed by atoms with Crippen molar-refractivity contribution in [1.29, 1.82) is 0 Å². The van der Waals surface area contributed by atoms with E-state index in [9.17, 15) is 4.79 Å². The van der Waals surface area contributed by atoms with E-state index in [-0.39, 0.29) is 5.91 Å². The molecule has 0 saturated carbocycles. The Hall–Kier alpha value is -2.37. The Bertz CT molecular complexity index is 613. The number of carbonyl (C=O) groups excluding carboxylic acids is 1. The minimum absolute atomic E-state index is 0.240. The molecule has 6 heteroatoms. The number of para-hydroxylation sites is 1. The molecule has 0 bridgehead atoms. The summed E-state index contributed by atoms with van der Waals surface area (Å²) in [5.41, 5.74) is 1.23. The molecule has 1 aromatic heterocycles. The molecule has 1 atom stereocenters. The second-order valence-electron chi connectivity index (χ2n) is 5.98.